The number of carbonyl (C=O) groups excluding carboxylic acids is 2. The molecular formula is C21H21NO4. The molecule has 1 heterocycles. The van der Waals surface area contributed by atoms with Gasteiger partial charge in [-0.25, -0.2) is 4.79 Å². The van der Waals surface area contributed by atoms with Crippen molar-refractivity contribution in [3.8, 4) is 0 Å². The van der Waals surface area contributed by atoms with Gasteiger partial charge in [0.15, 0.2) is 6.61 Å². The van der Waals surface area contributed by atoms with Crippen LogP contribution in [-0.2, 0) is 9.53 Å². The third-order valence-corrected chi connectivity index (χ3v) is 4.34. The maximum Gasteiger partial charge on any atom is 0.375 e. The third kappa shape index (κ3) is 3.94. The van der Waals surface area contributed by atoms with Crippen LogP contribution in [0.5, 0.6) is 0 Å². The van der Waals surface area contributed by atoms with Gasteiger partial charge in [-0.15, -0.1) is 0 Å². The third-order valence-electron chi connectivity index (χ3n) is 4.34. The summed E-state index contributed by atoms with van der Waals surface area (Å²) in [4.78, 5) is 24.2. The van der Waals surface area contributed by atoms with Crippen molar-refractivity contribution in [2.24, 2.45) is 0 Å². The summed E-state index contributed by atoms with van der Waals surface area (Å²) < 4.78 is 10.6. The molecular weight excluding hydrogens is 330 g/mol. The van der Waals surface area contributed by atoms with E-state index in [0.717, 1.165) is 10.9 Å². The van der Waals surface area contributed by atoms with Gasteiger partial charge in [0.1, 0.15) is 5.58 Å². The number of esters is 1. The van der Waals surface area contributed by atoms with Crippen LogP contribution in [0.3, 0.4) is 0 Å². The molecule has 1 amide bonds. The van der Waals surface area contributed by atoms with Crippen LogP contribution in [0, 0.1) is 6.92 Å². The molecule has 5 nitrogen and oxygen atoms in total. The minimum Gasteiger partial charge on any atom is -0.450 e. The molecule has 0 unspecified atom stereocenters. The van der Waals surface area contributed by atoms with Crippen molar-refractivity contribution in [2.45, 2.75) is 19.8 Å². The first kappa shape index (κ1) is 17.7. The van der Waals surface area contributed by atoms with Crippen LogP contribution in [0.1, 0.15) is 34.5 Å². The second-order valence-electron chi connectivity index (χ2n) is 6.24. The van der Waals surface area contributed by atoms with Crippen molar-refractivity contribution in [3.63, 3.8) is 0 Å². The van der Waals surface area contributed by atoms with Gasteiger partial charge < -0.3 is 14.5 Å². The van der Waals surface area contributed by atoms with Crippen LogP contribution in [0.2, 0.25) is 0 Å². The summed E-state index contributed by atoms with van der Waals surface area (Å²) in [6.07, 6.45) is 0. The normalized spacial score (nSPS) is 11.9. The van der Waals surface area contributed by atoms with Gasteiger partial charge in [0, 0.05) is 17.5 Å². The van der Waals surface area contributed by atoms with E-state index in [1.165, 1.54) is 0 Å². The maximum atomic E-state index is 12.2. The molecule has 5 heteroatoms. The first-order valence-electron chi connectivity index (χ1n) is 8.53. The summed E-state index contributed by atoms with van der Waals surface area (Å²) in [6, 6.07) is 17.3. The van der Waals surface area contributed by atoms with Gasteiger partial charge in [0.05, 0.1) is 0 Å². The Labute approximate surface area is 152 Å². The fourth-order valence-electron chi connectivity index (χ4n) is 2.78. The van der Waals surface area contributed by atoms with E-state index in [1.54, 1.807) is 13.0 Å². The topological polar surface area (TPSA) is 68.5 Å². The number of benzene rings is 2. The first-order chi connectivity index (χ1) is 12.6. The van der Waals surface area contributed by atoms with E-state index in [0.29, 0.717) is 17.7 Å². The van der Waals surface area contributed by atoms with Gasteiger partial charge in [0.25, 0.3) is 5.91 Å². The molecule has 0 spiro atoms. The molecule has 1 aromatic heterocycles. The van der Waals surface area contributed by atoms with E-state index in [4.69, 9.17) is 9.15 Å². The van der Waals surface area contributed by atoms with E-state index in [2.05, 4.69) is 5.32 Å². The average Bonchev–Trinajstić information content (AvgIpc) is 3.02. The summed E-state index contributed by atoms with van der Waals surface area (Å²) in [6.45, 7) is 3.96. The molecule has 2 aromatic carbocycles. The number of hydrogen-bond donors (Lipinski definition) is 1. The lowest BCUT2D eigenvalue weighted by Crippen LogP contribution is -2.31. The number of carbonyl (C=O) groups is 2. The summed E-state index contributed by atoms with van der Waals surface area (Å²) >= 11 is 0. The van der Waals surface area contributed by atoms with Crippen molar-refractivity contribution in [1.29, 1.82) is 0 Å². The summed E-state index contributed by atoms with van der Waals surface area (Å²) in [5, 5.41) is 3.64. The highest BCUT2D eigenvalue weighted by atomic mass is 16.5. The van der Waals surface area contributed by atoms with Crippen LogP contribution in [0.4, 0.5) is 0 Å². The Morgan fingerprint density at radius 3 is 2.50 bits per heavy atom. The fraction of sp³-hybridized carbons (Fsp3) is 0.238. The monoisotopic (exact) mass is 351 g/mol. The van der Waals surface area contributed by atoms with Crippen LogP contribution in [0.25, 0.3) is 11.0 Å². The lowest BCUT2D eigenvalue weighted by Gasteiger charge is -2.13. The predicted octanol–water partition coefficient (Wildman–Crippen LogP) is 3.82. The zero-order chi connectivity index (χ0) is 18.5. The highest BCUT2D eigenvalue weighted by Crippen LogP contribution is 2.25. The van der Waals surface area contributed by atoms with Gasteiger partial charge >= 0.3 is 5.97 Å². The Hall–Kier alpha value is -3.08. The second-order valence-corrected chi connectivity index (χ2v) is 6.24. The lowest BCUT2D eigenvalue weighted by molar-refractivity contribution is -0.124. The van der Waals surface area contributed by atoms with Gasteiger partial charge in [-0.2, -0.15) is 0 Å². The molecule has 0 aliphatic rings. The van der Waals surface area contributed by atoms with E-state index in [1.807, 2.05) is 55.5 Å². The Bertz CT molecular complexity index is 914. The summed E-state index contributed by atoms with van der Waals surface area (Å²) in [5.74, 6) is -0.662. The Morgan fingerprint density at radius 2 is 1.77 bits per heavy atom. The Morgan fingerprint density at radius 1 is 1.08 bits per heavy atom. The molecule has 1 atom stereocenters. The molecule has 0 saturated carbocycles. The van der Waals surface area contributed by atoms with Crippen LogP contribution in [-0.4, -0.2) is 25.0 Å². The standard InChI is InChI=1S/C21H21NO4/c1-14(16-8-4-3-5-9-16)12-22-19(23)13-25-21(24)20-15(2)17-10-6-7-11-18(17)26-20/h3-11,14H,12-13H2,1-2H3,(H,22,23)/t14-/m0/s1. The largest absolute Gasteiger partial charge is 0.450 e. The van der Waals surface area contributed by atoms with E-state index >= 15 is 0 Å². The smallest absolute Gasteiger partial charge is 0.375 e. The molecule has 134 valence electrons. The molecule has 26 heavy (non-hydrogen) atoms. The zero-order valence-electron chi connectivity index (χ0n) is 14.8. The SMILES string of the molecule is Cc1c(C(=O)OCC(=O)NC[C@H](C)c2ccccc2)oc2ccccc12. The van der Waals surface area contributed by atoms with Crippen molar-refractivity contribution in [3.05, 3.63) is 71.5 Å². The molecule has 0 radical (unpaired) electrons. The fourth-order valence-corrected chi connectivity index (χ4v) is 2.78. The number of amides is 1. The van der Waals surface area contributed by atoms with Crippen molar-refractivity contribution >= 4 is 22.8 Å². The molecule has 0 aliphatic carbocycles. The van der Waals surface area contributed by atoms with Crippen LogP contribution in [0.15, 0.2) is 59.0 Å². The summed E-state index contributed by atoms with van der Waals surface area (Å²) in [7, 11) is 0. The van der Waals surface area contributed by atoms with Gasteiger partial charge in [-0.3, -0.25) is 4.79 Å². The van der Waals surface area contributed by atoms with E-state index in [9.17, 15) is 9.59 Å². The number of aryl methyl sites for hydroxylation is 1. The zero-order valence-corrected chi connectivity index (χ0v) is 14.8. The van der Waals surface area contributed by atoms with E-state index in [-0.39, 0.29) is 24.2 Å². The quantitative estimate of drug-likeness (QED) is 0.686. The van der Waals surface area contributed by atoms with Gasteiger partial charge in [0.2, 0.25) is 5.76 Å². The number of furan rings is 1. The lowest BCUT2D eigenvalue weighted by atomic mass is 10.0. The highest BCUT2D eigenvalue weighted by molar-refractivity contribution is 5.96. The van der Waals surface area contributed by atoms with Gasteiger partial charge in [-0.1, -0.05) is 55.5 Å². The molecule has 3 aromatic rings. The minimum absolute atomic E-state index is 0.136. The summed E-state index contributed by atoms with van der Waals surface area (Å²) in [5.41, 5.74) is 2.48. The number of rotatable bonds is 6. The molecule has 3 rings (SSSR count). The maximum absolute atomic E-state index is 12.2. The molecule has 0 aliphatic heterocycles. The minimum atomic E-state index is -0.634. The Balaban J connectivity index is 1.52. The molecule has 0 saturated heterocycles. The molecule has 1 N–H and O–H groups in total. The first-order valence-corrected chi connectivity index (χ1v) is 8.53. The Kier molecular flexibility index (Phi) is 5.37. The highest BCUT2D eigenvalue weighted by Gasteiger charge is 2.19. The van der Waals surface area contributed by atoms with Crippen molar-refractivity contribution in [1.82, 2.24) is 5.32 Å². The number of nitrogens with one attached hydrogen (secondary N) is 1. The average molecular weight is 351 g/mol. The number of para-hydroxylation sites is 1. The molecule has 0 bridgehead atoms. The number of hydrogen-bond acceptors (Lipinski definition) is 4. The van der Waals surface area contributed by atoms with Gasteiger partial charge in [-0.05, 0) is 24.5 Å². The van der Waals surface area contributed by atoms with Crippen molar-refractivity contribution in [2.75, 3.05) is 13.2 Å². The van der Waals surface area contributed by atoms with Crippen LogP contribution < -0.4 is 5.32 Å². The van der Waals surface area contributed by atoms with Crippen LogP contribution >= 0.6 is 0 Å². The number of fused-ring (bicyclic) bond motifs is 1. The van der Waals surface area contributed by atoms with Crippen molar-refractivity contribution < 1.29 is 18.7 Å². The van der Waals surface area contributed by atoms with E-state index < -0.39 is 5.97 Å². The second kappa shape index (κ2) is 7.87. The number of ether oxygens (including phenoxy) is 1. The molecule has 0 fully saturated rings. The predicted molar refractivity (Wildman–Crippen MR) is 99.1 cm³/mol.